The van der Waals surface area contributed by atoms with Crippen molar-refractivity contribution in [2.75, 3.05) is 18.1 Å². The molecule has 0 radical (unpaired) electrons. The van der Waals surface area contributed by atoms with Crippen LogP contribution in [-0.2, 0) is 11.2 Å². The topological polar surface area (TPSA) is 93.4 Å². The third-order valence-corrected chi connectivity index (χ3v) is 4.10. The van der Waals surface area contributed by atoms with Gasteiger partial charge in [0.1, 0.15) is 24.4 Å². The lowest BCUT2D eigenvalue weighted by Crippen LogP contribution is -2.63. The largest absolute Gasteiger partial charge is 0.394 e. The summed E-state index contributed by atoms with van der Waals surface area (Å²) in [7, 11) is 0. The Labute approximate surface area is 116 Å². The second-order valence-corrected chi connectivity index (χ2v) is 5.29. The van der Waals surface area contributed by atoms with Crippen LogP contribution in [0.25, 0.3) is 0 Å². The van der Waals surface area contributed by atoms with E-state index >= 15 is 0 Å². The lowest BCUT2D eigenvalue weighted by atomic mass is 9.97. The Morgan fingerprint density at radius 1 is 1.10 bits per heavy atom. The molecule has 5 atom stereocenters. The molecule has 0 saturated carbocycles. The highest BCUT2D eigenvalue weighted by molar-refractivity contribution is 5.58. The number of ether oxygens (including phenoxy) is 1. The minimum absolute atomic E-state index is 0.406. The molecule has 1 fully saturated rings. The number of rotatable bonds is 2. The maximum atomic E-state index is 10.1. The van der Waals surface area contributed by atoms with Crippen molar-refractivity contribution in [2.24, 2.45) is 0 Å². The van der Waals surface area contributed by atoms with E-state index < -0.39 is 37.3 Å². The van der Waals surface area contributed by atoms with Gasteiger partial charge in [0.05, 0.1) is 6.61 Å². The lowest BCUT2D eigenvalue weighted by molar-refractivity contribution is -0.228. The summed E-state index contributed by atoms with van der Waals surface area (Å²) >= 11 is 0. The molecule has 2 heterocycles. The van der Waals surface area contributed by atoms with Gasteiger partial charge in [-0.1, -0.05) is 18.2 Å². The van der Waals surface area contributed by atoms with Gasteiger partial charge < -0.3 is 30.1 Å². The number of aliphatic hydroxyl groups excluding tert-OH is 4. The van der Waals surface area contributed by atoms with E-state index in [2.05, 4.69) is 0 Å². The summed E-state index contributed by atoms with van der Waals surface area (Å²) in [6.07, 6.45) is -4.67. The lowest BCUT2D eigenvalue weighted by Gasteiger charge is -2.44. The molecule has 2 aliphatic heterocycles. The Hall–Kier alpha value is -1.18. The molecule has 2 aliphatic rings. The van der Waals surface area contributed by atoms with Crippen LogP contribution in [0.5, 0.6) is 0 Å². The SMILES string of the molecule is OC[C@@H]1O[C@@H](N2CCc3ccccc32)[C@H](O)[C@@H](O)[C@@H]1O. The molecule has 4 N–H and O–H groups in total. The van der Waals surface area contributed by atoms with E-state index in [0.717, 1.165) is 17.7 Å². The van der Waals surface area contributed by atoms with Gasteiger partial charge in [-0.2, -0.15) is 0 Å². The molecule has 0 aliphatic carbocycles. The predicted molar refractivity (Wildman–Crippen MR) is 71.3 cm³/mol. The predicted octanol–water partition coefficient (Wildman–Crippen LogP) is -1.15. The number of aliphatic hydroxyl groups is 4. The Morgan fingerprint density at radius 2 is 1.85 bits per heavy atom. The molecule has 0 amide bonds. The molecule has 1 aromatic rings. The monoisotopic (exact) mass is 281 g/mol. The van der Waals surface area contributed by atoms with Crippen molar-refractivity contribution >= 4 is 5.69 Å². The molecule has 20 heavy (non-hydrogen) atoms. The van der Waals surface area contributed by atoms with Crippen LogP contribution in [0.3, 0.4) is 0 Å². The van der Waals surface area contributed by atoms with Gasteiger partial charge in [-0.3, -0.25) is 0 Å². The maximum absolute atomic E-state index is 10.1. The number of anilines is 1. The Morgan fingerprint density at radius 3 is 2.60 bits per heavy atom. The highest BCUT2D eigenvalue weighted by Gasteiger charge is 2.46. The summed E-state index contributed by atoms with van der Waals surface area (Å²) in [6, 6.07) is 7.81. The minimum Gasteiger partial charge on any atom is -0.394 e. The fourth-order valence-electron chi connectivity index (χ4n) is 2.97. The van der Waals surface area contributed by atoms with Crippen LogP contribution in [0.15, 0.2) is 24.3 Å². The van der Waals surface area contributed by atoms with Crippen LogP contribution in [-0.4, -0.2) is 64.2 Å². The van der Waals surface area contributed by atoms with E-state index in [1.54, 1.807) is 0 Å². The van der Waals surface area contributed by atoms with Crippen molar-refractivity contribution in [2.45, 2.75) is 37.1 Å². The Bertz CT molecular complexity index is 480. The summed E-state index contributed by atoms with van der Waals surface area (Å²) in [6.45, 7) is 0.263. The van der Waals surface area contributed by atoms with Gasteiger partial charge in [0.2, 0.25) is 0 Å². The number of hydrogen-bond acceptors (Lipinski definition) is 6. The Kier molecular flexibility index (Phi) is 3.66. The molecule has 0 unspecified atom stereocenters. The van der Waals surface area contributed by atoms with Gasteiger partial charge in [-0.25, -0.2) is 0 Å². The van der Waals surface area contributed by atoms with E-state index in [-0.39, 0.29) is 0 Å². The molecule has 110 valence electrons. The Balaban J connectivity index is 1.87. The first-order valence-electron chi connectivity index (χ1n) is 6.78. The highest BCUT2D eigenvalue weighted by Crippen LogP contribution is 2.33. The average molecular weight is 281 g/mol. The van der Waals surface area contributed by atoms with Crippen molar-refractivity contribution in [1.29, 1.82) is 0 Å². The third kappa shape index (κ3) is 2.10. The first kappa shape index (κ1) is 13.8. The van der Waals surface area contributed by atoms with E-state index in [1.165, 1.54) is 0 Å². The molecule has 0 spiro atoms. The normalized spacial score (nSPS) is 37.0. The molecule has 3 rings (SSSR count). The zero-order valence-corrected chi connectivity index (χ0v) is 11.0. The third-order valence-electron chi connectivity index (χ3n) is 4.10. The second kappa shape index (κ2) is 5.31. The quantitative estimate of drug-likeness (QED) is 0.547. The van der Waals surface area contributed by atoms with Crippen LogP contribution >= 0.6 is 0 Å². The number of nitrogens with zero attached hydrogens (tertiary/aromatic N) is 1. The molecule has 0 aromatic heterocycles. The first-order chi connectivity index (χ1) is 9.63. The second-order valence-electron chi connectivity index (χ2n) is 5.29. The van der Waals surface area contributed by atoms with Gasteiger partial charge in [-0.05, 0) is 18.1 Å². The zero-order chi connectivity index (χ0) is 14.3. The van der Waals surface area contributed by atoms with Crippen molar-refractivity contribution in [3.63, 3.8) is 0 Å². The van der Waals surface area contributed by atoms with E-state index in [1.807, 2.05) is 29.2 Å². The molecule has 0 bridgehead atoms. The van der Waals surface area contributed by atoms with Gasteiger partial charge in [0.25, 0.3) is 0 Å². The van der Waals surface area contributed by atoms with Crippen LogP contribution in [0.2, 0.25) is 0 Å². The fourth-order valence-corrected chi connectivity index (χ4v) is 2.97. The van der Waals surface area contributed by atoms with Crippen molar-refractivity contribution < 1.29 is 25.2 Å². The van der Waals surface area contributed by atoms with Gasteiger partial charge in [-0.15, -0.1) is 0 Å². The van der Waals surface area contributed by atoms with Gasteiger partial charge >= 0.3 is 0 Å². The van der Waals surface area contributed by atoms with Crippen LogP contribution < -0.4 is 4.90 Å². The fraction of sp³-hybridized carbons (Fsp3) is 0.571. The summed E-state index contributed by atoms with van der Waals surface area (Å²) in [5.41, 5.74) is 2.11. The van der Waals surface area contributed by atoms with E-state index in [9.17, 15) is 20.4 Å². The van der Waals surface area contributed by atoms with Crippen molar-refractivity contribution in [1.82, 2.24) is 0 Å². The summed E-state index contributed by atoms with van der Waals surface area (Å²) in [5.74, 6) is 0. The molecular formula is C14H19NO5. The van der Waals surface area contributed by atoms with E-state index in [4.69, 9.17) is 4.74 Å². The number of benzene rings is 1. The highest BCUT2D eigenvalue weighted by atomic mass is 16.6. The van der Waals surface area contributed by atoms with E-state index in [0.29, 0.717) is 6.54 Å². The first-order valence-corrected chi connectivity index (χ1v) is 6.78. The molecule has 6 heteroatoms. The van der Waals surface area contributed by atoms with Gasteiger partial charge in [0.15, 0.2) is 6.23 Å². The molecule has 1 aromatic carbocycles. The summed E-state index contributed by atoms with van der Waals surface area (Å²) < 4.78 is 5.59. The van der Waals surface area contributed by atoms with Crippen molar-refractivity contribution in [3.05, 3.63) is 29.8 Å². The van der Waals surface area contributed by atoms with Crippen LogP contribution in [0.1, 0.15) is 5.56 Å². The molecular weight excluding hydrogens is 262 g/mol. The number of fused-ring (bicyclic) bond motifs is 1. The standard InChI is InChI=1S/C14H19NO5/c16-7-10-11(17)12(18)13(19)14(20-10)15-6-5-8-3-1-2-4-9(8)15/h1-4,10-14,16-19H,5-7H2/t10-,11+,12-,13+,14+/m0/s1. The summed E-state index contributed by atoms with van der Waals surface area (Å²) in [5, 5.41) is 39.0. The zero-order valence-electron chi connectivity index (χ0n) is 11.0. The maximum Gasteiger partial charge on any atom is 0.159 e. The molecule has 6 nitrogen and oxygen atoms in total. The van der Waals surface area contributed by atoms with Crippen LogP contribution in [0, 0.1) is 0 Å². The van der Waals surface area contributed by atoms with Gasteiger partial charge in [0, 0.05) is 12.2 Å². The smallest absolute Gasteiger partial charge is 0.159 e. The minimum atomic E-state index is -1.33. The van der Waals surface area contributed by atoms with Crippen LogP contribution in [0.4, 0.5) is 5.69 Å². The van der Waals surface area contributed by atoms with Crippen molar-refractivity contribution in [3.8, 4) is 0 Å². The number of hydrogen-bond donors (Lipinski definition) is 4. The molecule has 1 saturated heterocycles. The average Bonchev–Trinajstić information content (AvgIpc) is 2.89. The number of para-hydroxylation sites is 1. The summed E-state index contributed by atoms with van der Waals surface area (Å²) in [4.78, 5) is 1.87.